The highest BCUT2D eigenvalue weighted by molar-refractivity contribution is 9.10. The first-order valence-corrected chi connectivity index (χ1v) is 5.49. The molecule has 4 heteroatoms. The summed E-state index contributed by atoms with van der Waals surface area (Å²) < 4.78 is 2.97. The quantitative estimate of drug-likeness (QED) is 0.907. The number of nitrogen functional groups attached to an aromatic ring is 1. The number of nitrogens with two attached hydrogens (primary N) is 1. The summed E-state index contributed by atoms with van der Waals surface area (Å²) in [6.45, 7) is 2.81. The van der Waals surface area contributed by atoms with Gasteiger partial charge in [0.25, 0.3) is 0 Å². The maximum absolute atomic E-state index is 5.56. The largest absolute Gasteiger partial charge is 0.382 e. The molecule has 1 aromatic carbocycles. The fraction of sp³-hybridized carbons (Fsp3) is 0.182. The fourth-order valence-electron chi connectivity index (χ4n) is 1.47. The van der Waals surface area contributed by atoms with Gasteiger partial charge in [-0.15, -0.1) is 0 Å². The van der Waals surface area contributed by atoms with Crippen LogP contribution in [0.2, 0.25) is 0 Å². The molecule has 0 unspecified atom stereocenters. The van der Waals surface area contributed by atoms with Crippen molar-refractivity contribution in [3.63, 3.8) is 0 Å². The number of benzene rings is 1. The molecular weight excluding hydrogens is 254 g/mol. The van der Waals surface area contributed by atoms with Crippen LogP contribution in [-0.4, -0.2) is 9.78 Å². The third-order valence-electron chi connectivity index (χ3n) is 2.27. The lowest BCUT2D eigenvalue weighted by atomic mass is 10.1. The summed E-state index contributed by atoms with van der Waals surface area (Å²) in [7, 11) is 0. The number of halogens is 1. The summed E-state index contributed by atoms with van der Waals surface area (Å²) in [4.78, 5) is 0. The zero-order valence-electron chi connectivity index (χ0n) is 8.44. The number of aryl methyl sites for hydroxylation is 1. The molecule has 0 aliphatic heterocycles. The van der Waals surface area contributed by atoms with Gasteiger partial charge in [-0.3, -0.25) is 4.68 Å². The van der Waals surface area contributed by atoms with Gasteiger partial charge in [0.05, 0.1) is 6.54 Å². The van der Waals surface area contributed by atoms with Gasteiger partial charge >= 0.3 is 0 Å². The Balaban J connectivity index is 2.28. The molecule has 15 heavy (non-hydrogen) atoms. The fourth-order valence-corrected chi connectivity index (χ4v) is 1.86. The summed E-state index contributed by atoms with van der Waals surface area (Å²) in [5.41, 5.74) is 7.99. The van der Waals surface area contributed by atoms with Crippen LogP contribution in [0.25, 0.3) is 0 Å². The van der Waals surface area contributed by atoms with E-state index < -0.39 is 0 Å². The lowest BCUT2D eigenvalue weighted by Gasteiger charge is -2.06. The van der Waals surface area contributed by atoms with E-state index in [0.29, 0.717) is 5.82 Å². The lowest BCUT2D eigenvalue weighted by molar-refractivity contribution is 0.688. The van der Waals surface area contributed by atoms with Crippen LogP contribution in [0, 0.1) is 6.92 Å². The van der Waals surface area contributed by atoms with Gasteiger partial charge in [0, 0.05) is 10.7 Å². The summed E-state index contributed by atoms with van der Waals surface area (Å²) in [5, 5.41) is 4.15. The van der Waals surface area contributed by atoms with E-state index in [1.165, 1.54) is 11.1 Å². The Morgan fingerprint density at radius 3 is 2.87 bits per heavy atom. The second-order valence-electron chi connectivity index (χ2n) is 3.49. The topological polar surface area (TPSA) is 43.8 Å². The third-order valence-corrected chi connectivity index (χ3v) is 3.40. The normalized spacial score (nSPS) is 10.5. The van der Waals surface area contributed by atoms with Gasteiger partial charge in [-0.2, -0.15) is 5.10 Å². The summed E-state index contributed by atoms with van der Waals surface area (Å²) in [6, 6.07) is 7.99. The van der Waals surface area contributed by atoms with Crippen molar-refractivity contribution < 1.29 is 0 Å². The van der Waals surface area contributed by atoms with Crippen molar-refractivity contribution in [3.8, 4) is 0 Å². The molecule has 0 radical (unpaired) electrons. The Kier molecular flexibility index (Phi) is 2.77. The smallest absolute Gasteiger partial charge is 0.145 e. The predicted octanol–water partition coefficient (Wildman–Crippen LogP) is 2.58. The minimum Gasteiger partial charge on any atom is -0.382 e. The van der Waals surface area contributed by atoms with Gasteiger partial charge < -0.3 is 5.73 Å². The van der Waals surface area contributed by atoms with Crippen molar-refractivity contribution in [2.75, 3.05) is 5.73 Å². The molecule has 0 amide bonds. The molecule has 0 bridgehead atoms. The van der Waals surface area contributed by atoms with Gasteiger partial charge in [0.1, 0.15) is 5.82 Å². The number of aromatic nitrogens is 2. The summed E-state index contributed by atoms with van der Waals surface area (Å²) in [6.07, 6.45) is 1.88. The molecule has 0 saturated heterocycles. The highest BCUT2D eigenvalue weighted by Gasteiger charge is 2.03. The maximum Gasteiger partial charge on any atom is 0.145 e. The van der Waals surface area contributed by atoms with Crippen LogP contribution in [0.5, 0.6) is 0 Å². The Hall–Kier alpha value is -1.29. The second-order valence-corrected chi connectivity index (χ2v) is 4.28. The Morgan fingerprint density at radius 2 is 2.20 bits per heavy atom. The van der Waals surface area contributed by atoms with Crippen molar-refractivity contribution >= 4 is 21.7 Å². The average Bonchev–Trinajstić information content (AvgIpc) is 2.59. The van der Waals surface area contributed by atoms with Gasteiger partial charge in [-0.1, -0.05) is 34.1 Å². The first kappa shape index (κ1) is 10.2. The van der Waals surface area contributed by atoms with Crippen LogP contribution in [-0.2, 0) is 6.54 Å². The Bertz CT molecular complexity index is 476. The van der Waals surface area contributed by atoms with Crippen LogP contribution in [0.15, 0.2) is 34.9 Å². The maximum atomic E-state index is 5.56. The Morgan fingerprint density at radius 1 is 1.40 bits per heavy atom. The van der Waals surface area contributed by atoms with E-state index in [0.717, 1.165) is 11.0 Å². The van der Waals surface area contributed by atoms with Crippen LogP contribution in [0.4, 0.5) is 5.82 Å². The molecular formula is C11H12BrN3. The molecule has 0 fully saturated rings. The molecule has 0 spiro atoms. The first-order chi connectivity index (χ1) is 7.16. The SMILES string of the molecule is Cc1cccc(Cn2ccc(N)n2)c1Br. The van der Waals surface area contributed by atoms with E-state index in [4.69, 9.17) is 5.73 Å². The van der Waals surface area contributed by atoms with Crippen molar-refractivity contribution in [2.24, 2.45) is 0 Å². The number of nitrogens with zero attached hydrogens (tertiary/aromatic N) is 2. The molecule has 2 N–H and O–H groups in total. The summed E-state index contributed by atoms with van der Waals surface area (Å²) in [5.74, 6) is 0.554. The minimum atomic E-state index is 0.554. The summed E-state index contributed by atoms with van der Waals surface area (Å²) >= 11 is 3.57. The van der Waals surface area contributed by atoms with Crippen LogP contribution in [0.1, 0.15) is 11.1 Å². The molecule has 1 heterocycles. The van der Waals surface area contributed by atoms with E-state index in [-0.39, 0.29) is 0 Å². The van der Waals surface area contributed by atoms with Gasteiger partial charge in [-0.25, -0.2) is 0 Å². The van der Waals surface area contributed by atoms with E-state index in [1.54, 1.807) is 6.07 Å². The van der Waals surface area contributed by atoms with E-state index in [9.17, 15) is 0 Å². The van der Waals surface area contributed by atoms with Crippen molar-refractivity contribution in [2.45, 2.75) is 13.5 Å². The van der Waals surface area contributed by atoms with Crippen molar-refractivity contribution in [3.05, 3.63) is 46.1 Å². The first-order valence-electron chi connectivity index (χ1n) is 4.70. The number of rotatable bonds is 2. The zero-order valence-corrected chi connectivity index (χ0v) is 10.0. The van der Waals surface area contributed by atoms with E-state index in [1.807, 2.05) is 16.9 Å². The molecule has 0 atom stereocenters. The molecule has 2 aromatic rings. The monoisotopic (exact) mass is 265 g/mol. The van der Waals surface area contributed by atoms with Crippen molar-refractivity contribution in [1.82, 2.24) is 9.78 Å². The number of hydrogen-bond donors (Lipinski definition) is 1. The molecule has 0 aliphatic rings. The zero-order chi connectivity index (χ0) is 10.8. The van der Waals surface area contributed by atoms with E-state index >= 15 is 0 Å². The van der Waals surface area contributed by atoms with Crippen LogP contribution >= 0.6 is 15.9 Å². The van der Waals surface area contributed by atoms with Gasteiger partial charge in [0.15, 0.2) is 0 Å². The molecule has 1 aromatic heterocycles. The molecule has 78 valence electrons. The lowest BCUT2D eigenvalue weighted by Crippen LogP contribution is -2.02. The molecule has 0 saturated carbocycles. The standard InChI is InChI=1S/C11H12BrN3/c1-8-3-2-4-9(11(8)12)7-15-6-5-10(13)14-15/h2-6H,7H2,1H3,(H2,13,14). The second kappa shape index (κ2) is 4.06. The van der Waals surface area contributed by atoms with Gasteiger partial charge in [0.2, 0.25) is 0 Å². The van der Waals surface area contributed by atoms with Crippen LogP contribution in [0.3, 0.4) is 0 Å². The predicted molar refractivity (Wildman–Crippen MR) is 64.6 cm³/mol. The third kappa shape index (κ3) is 2.21. The van der Waals surface area contributed by atoms with Crippen LogP contribution < -0.4 is 5.73 Å². The molecule has 0 aliphatic carbocycles. The van der Waals surface area contributed by atoms with Crippen molar-refractivity contribution in [1.29, 1.82) is 0 Å². The average molecular weight is 266 g/mol. The minimum absolute atomic E-state index is 0.554. The number of hydrogen-bond acceptors (Lipinski definition) is 2. The van der Waals surface area contributed by atoms with Gasteiger partial charge in [-0.05, 0) is 24.1 Å². The molecule has 2 rings (SSSR count). The highest BCUT2D eigenvalue weighted by Crippen LogP contribution is 2.21. The van der Waals surface area contributed by atoms with E-state index in [2.05, 4.69) is 40.1 Å². The highest BCUT2D eigenvalue weighted by atomic mass is 79.9. The molecule has 3 nitrogen and oxygen atoms in total. The Labute approximate surface area is 97.0 Å². The number of anilines is 1.